The molecule has 0 aromatic carbocycles. The molecule has 1 fully saturated rings. The first-order valence-electron chi connectivity index (χ1n) is 6.91. The number of carboxylic acid groups (broad SMARTS) is 1. The molecule has 0 aromatic heterocycles. The number of aliphatic hydroxyl groups is 1. The normalized spacial score (nSPS) is 24.5. The molecule has 0 radical (unpaired) electrons. The summed E-state index contributed by atoms with van der Waals surface area (Å²) in [6, 6.07) is -0.426. The third-order valence-electron chi connectivity index (χ3n) is 3.71. The maximum atomic E-state index is 11.3. The van der Waals surface area contributed by atoms with Gasteiger partial charge in [0.15, 0.2) is 6.10 Å². The fraction of sp³-hybridized carbons (Fsp3) is 0.846. The predicted molar refractivity (Wildman–Crippen MR) is 70.8 cm³/mol. The van der Waals surface area contributed by atoms with Gasteiger partial charge in [-0.05, 0) is 18.3 Å². The van der Waals surface area contributed by atoms with Crippen LogP contribution in [-0.2, 0) is 4.79 Å². The Morgan fingerprint density at radius 1 is 1.21 bits per heavy atom. The second-order valence-corrected chi connectivity index (χ2v) is 5.41. The van der Waals surface area contributed by atoms with Gasteiger partial charge in [0.1, 0.15) is 0 Å². The number of urea groups is 1. The molecule has 19 heavy (non-hydrogen) atoms. The molecule has 6 nitrogen and oxygen atoms in total. The van der Waals surface area contributed by atoms with E-state index in [0.717, 1.165) is 12.3 Å². The van der Waals surface area contributed by atoms with E-state index < -0.39 is 18.1 Å². The predicted octanol–water partition coefficient (Wildman–Crippen LogP) is 0.947. The van der Waals surface area contributed by atoms with Crippen molar-refractivity contribution < 1.29 is 19.8 Å². The highest BCUT2D eigenvalue weighted by molar-refractivity contribution is 5.76. The first-order chi connectivity index (χ1) is 8.99. The molecular weight excluding hydrogens is 248 g/mol. The smallest absolute Gasteiger partial charge is 0.334 e. The molecule has 1 atom stereocenters. The van der Waals surface area contributed by atoms with Crippen molar-refractivity contribution in [2.24, 2.45) is 11.8 Å². The van der Waals surface area contributed by atoms with Crippen LogP contribution in [0.3, 0.4) is 0 Å². The second-order valence-electron chi connectivity index (χ2n) is 5.41. The lowest BCUT2D eigenvalue weighted by Gasteiger charge is -2.26. The zero-order valence-corrected chi connectivity index (χ0v) is 11.4. The van der Waals surface area contributed by atoms with Crippen LogP contribution < -0.4 is 10.6 Å². The van der Waals surface area contributed by atoms with E-state index in [1.54, 1.807) is 0 Å². The Hall–Kier alpha value is -1.30. The number of nitrogens with one attached hydrogen (secondary N) is 2. The lowest BCUT2D eigenvalue weighted by Crippen LogP contribution is -2.42. The Kier molecular flexibility index (Phi) is 6.62. The summed E-state index contributed by atoms with van der Waals surface area (Å²) in [4.78, 5) is 21.7. The molecule has 0 aliphatic heterocycles. The maximum absolute atomic E-state index is 11.3. The average Bonchev–Trinajstić information content (AvgIpc) is 2.38. The van der Waals surface area contributed by atoms with Crippen molar-refractivity contribution in [3.63, 3.8) is 0 Å². The van der Waals surface area contributed by atoms with Crippen molar-refractivity contribution >= 4 is 12.0 Å². The van der Waals surface area contributed by atoms with Gasteiger partial charge < -0.3 is 20.8 Å². The first-order valence-corrected chi connectivity index (χ1v) is 6.91. The van der Waals surface area contributed by atoms with Crippen LogP contribution in [0.4, 0.5) is 4.79 Å². The van der Waals surface area contributed by atoms with Crippen LogP contribution in [0.1, 0.15) is 39.0 Å². The molecule has 0 aromatic rings. The van der Waals surface area contributed by atoms with E-state index in [2.05, 4.69) is 17.6 Å². The van der Waals surface area contributed by atoms with Crippen molar-refractivity contribution in [3.8, 4) is 0 Å². The van der Waals surface area contributed by atoms with Crippen molar-refractivity contribution in [3.05, 3.63) is 0 Å². The van der Waals surface area contributed by atoms with Crippen LogP contribution in [0.2, 0.25) is 0 Å². The summed E-state index contributed by atoms with van der Waals surface area (Å²) in [5.74, 6) is 0.169. The number of aliphatic hydroxyl groups excluding tert-OH is 1. The van der Waals surface area contributed by atoms with Crippen LogP contribution in [0.15, 0.2) is 0 Å². The summed E-state index contributed by atoms with van der Waals surface area (Å²) >= 11 is 0. The van der Waals surface area contributed by atoms with Gasteiger partial charge in [0, 0.05) is 6.54 Å². The lowest BCUT2D eigenvalue weighted by atomic mass is 9.81. The molecule has 1 aliphatic carbocycles. The molecule has 1 aliphatic rings. The monoisotopic (exact) mass is 272 g/mol. The summed E-state index contributed by atoms with van der Waals surface area (Å²) in [5.41, 5.74) is 0. The number of hydrogen-bond acceptors (Lipinski definition) is 3. The van der Waals surface area contributed by atoms with Crippen LogP contribution in [-0.4, -0.2) is 41.4 Å². The SMILES string of the molecule is CC1CCC(CCNC(=O)NCC(O)C(=O)O)CC1. The quantitative estimate of drug-likeness (QED) is 0.578. The van der Waals surface area contributed by atoms with Gasteiger partial charge in [-0.3, -0.25) is 0 Å². The van der Waals surface area contributed by atoms with Gasteiger partial charge >= 0.3 is 12.0 Å². The standard InChI is InChI=1S/C13H24N2O4/c1-9-2-4-10(5-3-9)6-7-14-13(19)15-8-11(16)12(17)18/h9-11,16H,2-8H2,1H3,(H,17,18)(H2,14,15,19). The first kappa shape index (κ1) is 15.8. The van der Waals surface area contributed by atoms with E-state index in [0.29, 0.717) is 12.5 Å². The van der Waals surface area contributed by atoms with E-state index in [-0.39, 0.29) is 6.54 Å². The van der Waals surface area contributed by atoms with Crippen LogP contribution in [0.25, 0.3) is 0 Å². The molecule has 0 heterocycles. The van der Waals surface area contributed by atoms with E-state index in [1.807, 2.05) is 0 Å². The molecule has 0 spiro atoms. The Morgan fingerprint density at radius 2 is 1.84 bits per heavy atom. The van der Waals surface area contributed by atoms with E-state index in [4.69, 9.17) is 10.2 Å². The number of amides is 2. The fourth-order valence-electron chi connectivity index (χ4n) is 2.35. The Balaban J connectivity index is 2.05. The summed E-state index contributed by atoms with van der Waals surface area (Å²) in [6.07, 6.45) is 4.39. The molecule has 1 unspecified atom stereocenters. The van der Waals surface area contributed by atoms with E-state index >= 15 is 0 Å². The molecular formula is C13H24N2O4. The third-order valence-corrected chi connectivity index (χ3v) is 3.71. The third kappa shape index (κ3) is 6.42. The van der Waals surface area contributed by atoms with Gasteiger partial charge in [-0.25, -0.2) is 9.59 Å². The highest BCUT2D eigenvalue weighted by Crippen LogP contribution is 2.29. The topological polar surface area (TPSA) is 98.7 Å². The van der Waals surface area contributed by atoms with Crippen molar-refractivity contribution in [1.29, 1.82) is 0 Å². The van der Waals surface area contributed by atoms with Gasteiger partial charge in [0.2, 0.25) is 0 Å². The second kappa shape index (κ2) is 7.99. The summed E-state index contributed by atoms with van der Waals surface area (Å²) < 4.78 is 0. The van der Waals surface area contributed by atoms with Gasteiger partial charge in [-0.15, -0.1) is 0 Å². The van der Waals surface area contributed by atoms with E-state index in [9.17, 15) is 9.59 Å². The molecule has 6 heteroatoms. The largest absolute Gasteiger partial charge is 0.479 e. The number of hydrogen-bond donors (Lipinski definition) is 4. The molecule has 1 saturated carbocycles. The molecule has 4 N–H and O–H groups in total. The van der Waals surface area contributed by atoms with Crippen LogP contribution in [0.5, 0.6) is 0 Å². The number of aliphatic carboxylic acids is 1. The summed E-state index contributed by atoms with van der Waals surface area (Å²) in [7, 11) is 0. The summed E-state index contributed by atoms with van der Waals surface area (Å²) in [6.45, 7) is 2.59. The Morgan fingerprint density at radius 3 is 2.42 bits per heavy atom. The van der Waals surface area contributed by atoms with Crippen LogP contribution >= 0.6 is 0 Å². The highest BCUT2D eigenvalue weighted by Gasteiger charge is 2.18. The molecule has 2 amide bonds. The number of rotatable bonds is 6. The van der Waals surface area contributed by atoms with Crippen molar-refractivity contribution in [2.75, 3.05) is 13.1 Å². The zero-order chi connectivity index (χ0) is 14.3. The van der Waals surface area contributed by atoms with Crippen molar-refractivity contribution in [1.82, 2.24) is 10.6 Å². The number of carboxylic acids is 1. The highest BCUT2D eigenvalue weighted by atomic mass is 16.4. The minimum Gasteiger partial charge on any atom is -0.479 e. The van der Waals surface area contributed by atoms with Crippen molar-refractivity contribution in [2.45, 2.75) is 45.1 Å². The van der Waals surface area contributed by atoms with Gasteiger partial charge in [0.25, 0.3) is 0 Å². The zero-order valence-electron chi connectivity index (χ0n) is 11.4. The molecule has 1 rings (SSSR count). The fourth-order valence-corrected chi connectivity index (χ4v) is 2.35. The average molecular weight is 272 g/mol. The van der Waals surface area contributed by atoms with Gasteiger partial charge in [-0.2, -0.15) is 0 Å². The van der Waals surface area contributed by atoms with Gasteiger partial charge in [-0.1, -0.05) is 32.6 Å². The molecule has 0 bridgehead atoms. The number of carbonyl (C=O) groups excluding carboxylic acids is 1. The molecule has 110 valence electrons. The number of carbonyl (C=O) groups is 2. The van der Waals surface area contributed by atoms with E-state index in [1.165, 1.54) is 25.7 Å². The Bertz CT molecular complexity index is 301. The van der Waals surface area contributed by atoms with Crippen LogP contribution in [0, 0.1) is 11.8 Å². The minimum atomic E-state index is -1.55. The maximum Gasteiger partial charge on any atom is 0.334 e. The minimum absolute atomic E-state index is 0.276. The summed E-state index contributed by atoms with van der Waals surface area (Å²) in [5, 5.41) is 22.4. The Labute approximate surface area is 113 Å². The lowest BCUT2D eigenvalue weighted by molar-refractivity contribution is -0.146. The van der Waals surface area contributed by atoms with Gasteiger partial charge in [0.05, 0.1) is 6.54 Å². The molecule has 0 saturated heterocycles.